The van der Waals surface area contributed by atoms with Crippen molar-refractivity contribution in [1.82, 2.24) is 5.32 Å². The van der Waals surface area contributed by atoms with Crippen molar-refractivity contribution in [2.45, 2.75) is 19.4 Å². The molecular formula is C6H14ClNO2. The molecule has 0 bridgehead atoms. The summed E-state index contributed by atoms with van der Waals surface area (Å²) in [6.07, 6.45) is 0.438. The number of carbonyl (C=O) groups is 1. The Hall–Kier alpha value is -0.280. The molecule has 0 spiro atoms. The minimum Gasteiger partial charge on any atom is -0.469 e. The zero-order valence-corrected chi connectivity index (χ0v) is 7.33. The summed E-state index contributed by atoms with van der Waals surface area (Å²) in [7, 11) is 3.21. The molecule has 0 amide bonds. The van der Waals surface area contributed by atoms with Gasteiger partial charge in [-0.15, -0.1) is 12.4 Å². The zero-order valence-electron chi connectivity index (χ0n) is 6.51. The highest BCUT2D eigenvalue weighted by molar-refractivity contribution is 5.85. The van der Waals surface area contributed by atoms with Crippen LogP contribution in [0.15, 0.2) is 0 Å². The second kappa shape index (κ2) is 6.83. The maximum Gasteiger partial charge on any atom is 0.307 e. The number of ether oxygens (including phenoxy) is 1. The van der Waals surface area contributed by atoms with Crippen LogP contribution in [0.25, 0.3) is 0 Å². The van der Waals surface area contributed by atoms with Crippen molar-refractivity contribution < 1.29 is 9.53 Å². The van der Waals surface area contributed by atoms with Crippen LogP contribution in [0.3, 0.4) is 0 Å². The van der Waals surface area contributed by atoms with Crippen molar-refractivity contribution in [3.8, 4) is 0 Å². The molecule has 0 rings (SSSR count). The summed E-state index contributed by atoms with van der Waals surface area (Å²) >= 11 is 0. The number of hydrogen-bond donors (Lipinski definition) is 1. The van der Waals surface area contributed by atoms with Crippen LogP contribution >= 0.6 is 12.4 Å². The van der Waals surface area contributed by atoms with E-state index in [2.05, 4.69) is 10.1 Å². The van der Waals surface area contributed by atoms with Crippen LogP contribution < -0.4 is 5.32 Å². The highest BCUT2D eigenvalue weighted by Gasteiger charge is 2.04. The van der Waals surface area contributed by atoms with Crippen molar-refractivity contribution in [2.24, 2.45) is 0 Å². The predicted octanol–water partition coefficient (Wildman–Crippen LogP) is 0.579. The third-order valence-corrected chi connectivity index (χ3v) is 1.19. The maximum atomic E-state index is 10.5. The lowest BCUT2D eigenvalue weighted by Crippen LogP contribution is -2.24. The fourth-order valence-corrected chi connectivity index (χ4v) is 0.435. The second-order valence-corrected chi connectivity index (χ2v) is 1.97. The normalized spacial score (nSPS) is 11.5. The lowest BCUT2D eigenvalue weighted by molar-refractivity contribution is -0.141. The Kier molecular flexibility index (Phi) is 8.48. The first-order valence-corrected chi connectivity index (χ1v) is 2.94. The molecule has 0 aliphatic heterocycles. The van der Waals surface area contributed by atoms with Gasteiger partial charge in [-0.05, 0) is 14.0 Å². The Morgan fingerprint density at radius 3 is 2.50 bits per heavy atom. The van der Waals surface area contributed by atoms with E-state index in [0.717, 1.165) is 0 Å². The molecule has 1 N–H and O–H groups in total. The van der Waals surface area contributed by atoms with Gasteiger partial charge in [-0.3, -0.25) is 4.79 Å². The van der Waals surface area contributed by atoms with Crippen LogP contribution in [0, 0.1) is 0 Å². The first-order valence-electron chi connectivity index (χ1n) is 2.94. The molecule has 0 saturated heterocycles. The molecule has 4 heteroatoms. The Morgan fingerprint density at radius 2 is 2.20 bits per heavy atom. The molecule has 3 nitrogen and oxygen atoms in total. The average Bonchev–Trinajstić information content (AvgIpc) is 1.87. The zero-order chi connectivity index (χ0) is 7.28. The Balaban J connectivity index is 0. The molecular weight excluding hydrogens is 154 g/mol. The molecule has 0 heterocycles. The molecule has 0 fully saturated rings. The molecule has 0 aliphatic carbocycles. The Morgan fingerprint density at radius 1 is 1.70 bits per heavy atom. The number of methoxy groups -OCH3 is 1. The lowest BCUT2D eigenvalue weighted by atomic mass is 10.2. The van der Waals surface area contributed by atoms with E-state index in [9.17, 15) is 4.79 Å². The van der Waals surface area contributed by atoms with Crippen molar-refractivity contribution in [3.63, 3.8) is 0 Å². The summed E-state index contributed by atoms with van der Waals surface area (Å²) in [6.45, 7) is 1.93. The largest absolute Gasteiger partial charge is 0.469 e. The molecule has 10 heavy (non-hydrogen) atoms. The van der Waals surface area contributed by atoms with Gasteiger partial charge in [0.2, 0.25) is 0 Å². The van der Waals surface area contributed by atoms with Gasteiger partial charge in [0.25, 0.3) is 0 Å². The lowest BCUT2D eigenvalue weighted by Gasteiger charge is -2.06. The SMILES string of the molecule is CNC(C)CC(=O)OC.Cl. The second-order valence-electron chi connectivity index (χ2n) is 1.97. The van der Waals surface area contributed by atoms with E-state index in [4.69, 9.17) is 0 Å². The minimum atomic E-state index is -0.170. The molecule has 0 aromatic rings. The maximum absolute atomic E-state index is 10.5. The van der Waals surface area contributed by atoms with Gasteiger partial charge in [-0.2, -0.15) is 0 Å². The number of nitrogens with one attached hydrogen (secondary N) is 1. The van der Waals surface area contributed by atoms with E-state index in [1.807, 2.05) is 14.0 Å². The van der Waals surface area contributed by atoms with Crippen LogP contribution in [0.4, 0.5) is 0 Å². The smallest absolute Gasteiger partial charge is 0.307 e. The van der Waals surface area contributed by atoms with E-state index in [-0.39, 0.29) is 24.4 Å². The molecule has 1 unspecified atom stereocenters. The van der Waals surface area contributed by atoms with Crippen LogP contribution in [0.5, 0.6) is 0 Å². The van der Waals surface area contributed by atoms with Crippen LogP contribution in [-0.2, 0) is 9.53 Å². The summed E-state index contributed by atoms with van der Waals surface area (Å²) in [6, 6.07) is 0.206. The van der Waals surface area contributed by atoms with Crippen LogP contribution in [-0.4, -0.2) is 26.2 Å². The van der Waals surface area contributed by atoms with Gasteiger partial charge in [0.15, 0.2) is 0 Å². The number of hydrogen-bond acceptors (Lipinski definition) is 3. The highest BCUT2D eigenvalue weighted by Crippen LogP contribution is 1.90. The average molecular weight is 168 g/mol. The number of esters is 1. The summed E-state index contributed by atoms with van der Waals surface area (Å²) in [5.41, 5.74) is 0. The van der Waals surface area contributed by atoms with Gasteiger partial charge in [-0.25, -0.2) is 0 Å². The quantitative estimate of drug-likeness (QED) is 0.625. The summed E-state index contributed by atoms with van der Waals surface area (Å²) in [5, 5.41) is 2.93. The standard InChI is InChI=1S/C6H13NO2.ClH/c1-5(7-2)4-6(8)9-3;/h5,7H,4H2,1-3H3;1H. The van der Waals surface area contributed by atoms with Gasteiger partial charge in [0.05, 0.1) is 13.5 Å². The van der Waals surface area contributed by atoms with Gasteiger partial charge in [-0.1, -0.05) is 0 Å². The van der Waals surface area contributed by atoms with Crippen LogP contribution in [0.2, 0.25) is 0 Å². The molecule has 0 aromatic carbocycles. The molecule has 62 valence electrons. The monoisotopic (exact) mass is 167 g/mol. The van der Waals surface area contributed by atoms with Gasteiger partial charge < -0.3 is 10.1 Å². The number of rotatable bonds is 3. The highest BCUT2D eigenvalue weighted by atomic mass is 35.5. The topological polar surface area (TPSA) is 38.3 Å². The first kappa shape index (κ1) is 12.4. The van der Waals surface area contributed by atoms with Crippen LogP contribution in [0.1, 0.15) is 13.3 Å². The van der Waals surface area contributed by atoms with E-state index in [1.54, 1.807) is 0 Å². The molecule has 0 radical (unpaired) electrons. The third-order valence-electron chi connectivity index (χ3n) is 1.19. The van der Waals surface area contributed by atoms with Crippen molar-refractivity contribution >= 4 is 18.4 Å². The van der Waals surface area contributed by atoms with E-state index in [1.165, 1.54) is 7.11 Å². The van der Waals surface area contributed by atoms with E-state index >= 15 is 0 Å². The van der Waals surface area contributed by atoms with Gasteiger partial charge in [0.1, 0.15) is 0 Å². The van der Waals surface area contributed by atoms with E-state index < -0.39 is 0 Å². The molecule has 0 aromatic heterocycles. The van der Waals surface area contributed by atoms with E-state index in [0.29, 0.717) is 6.42 Å². The summed E-state index contributed by atoms with van der Waals surface area (Å²) in [4.78, 5) is 10.5. The molecule has 0 aliphatic rings. The fraction of sp³-hybridized carbons (Fsp3) is 0.833. The minimum absolute atomic E-state index is 0. The van der Waals surface area contributed by atoms with Crippen molar-refractivity contribution in [2.75, 3.05) is 14.2 Å². The van der Waals surface area contributed by atoms with Crippen molar-refractivity contribution in [1.29, 1.82) is 0 Å². The predicted molar refractivity (Wildman–Crippen MR) is 42.4 cm³/mol. The summed E-state index contributed by atoms with van der Waals surface area (Å²) in [5.74, 6) is -0.170. The third kappa shape index (κ3) is 5.85. The molecule has 0 saturated carbocycles. The van der Waals surface area contributed by atoms with Crippen molar-refractivity contribution in [3.05, 3.63) is 0 Å². The summed E-state index contributed by atoms with van der Waals surface area (Å²) < 4.78 is 4.44. The number of halogens is 1. The Labute approximate surface area is 67.5 Å². The first-order chi connectivity index (χ1) is 4.20. The Bertz CT molecular complexity index is 97.7. The molecule has 1 atom stereocenters. The van der Waals surface area contributed by atoms with Gasteiger partial charge >= 0.3 is 5.97 Å². The fourth-order valence-electron chi connectivity index (χ4n) is 0.435. The van der Waals surface area contributed by atoms with Gasteiger partial charge in [0, 0.05) is 6.04 Å². The number of carbonyl (C=O) groups excluding carboxylic acids is 1.